The van der Waals surface area contributed by atoms with E-state index in [1.54, 1.807) is 7.11 Å². The fourth-order valence-electron chi connectivity index (χ4n) is 2.45. The van der Waals surface area contributed by atoms with Gasteiger partial charge in [0.1, 0.15) is 5.75 Å². The van der Waals surface area contributed by atoms with Gasteiger partial charge in [-0.1, -0.05) is 42.5 Å². The Morgan fingerprint density at radius 3 is 2.48 bits per heavy atom. The molecule has 4 heteroatoms. The van der Waals surface area contributed by atoms with Gasteiger partial charge in [-0.15, -0.1) is 0 Å². The van der Waals surface area contributed by atoms with Gasteiger partial charge < -0.3 is 4.74 Å². The van der Waals surface area contributed by atoms with E-state index in [1.165, 1.54) is 0 Å². The maximum absolute atomic E-state index is 12.1. The van der Waals surface area contributed by atoms with Crippen LogP contribution < -0.4 is 10.2 Å². The number of rotatable bonds is 3. The molecule has 0 spiro atoms. The van der Waals surface area contributed by atoms with Crippen molar-refractivity contribution in [2.45, 2.75) is 12.3 Å². The van der Waals surface area contributed by atoms with Crippen LogP contribution in [0.15, 0.2) is 59.7 Å². The van der Waals surface area contributed by atoms with Crippen molar-refractivity contribution >= 4 is 11.6 Å². The van der Waals surface area contributed by atoms with E-state index in [9.17, 15) is 4.79 Å². The summed E-state index contributed by atoms with van der Waals surface area (Å²) in [7, 11) is 1.63. The minimum absolute atomic E-state index is 0.0696. The Bertz CT molecular complexity index is 663. The number of nitrogens with one attached hydrogen (secondary N) is 1. The molecule has 1 amide bonds. The molecule has 0 aliphatic carbocycles. The van der Waals surface area contributed by atoms with Crippen LogP contribution in [0.25, 0.3) is 0 Å². The van der Waals surface area contributed by atoms with Crippen LogP contribution in [0.4, 0.5) is 0 Å². The zero-order valence-corrected chi connectivity index (χ0v) is 11.7. The van der Waals surface area contributed by atoms with Crippen molar-refractivity contribution in [2.75, 3.05) is 7.11 Å². The second kappa shape index (κ2) is 5.79. The smallest absolute Gasteiger partial charge is 0.248 e. The average Bonchev–Trinajstić information content (AvgIpc) is 2.56. The van der Waals surface area contributed by atoms with E-state index >= 15 is 0 Å². The van der Waals surface area contributed by atoms with Crippen molar-refractivity contribution in [3.05, 3.63) is 65.7 Å². The molecule has 2 aromatic carbocycles. The summed E-state index contributed by atoms with van der Waals surface area (Å²) in [6.45, 7) is 0. The van der Waals surface area contributed by atoms with E-state index in [-0.39, 0.29) is 11.8 Å². The number of nitrogens with zero attached hydrogens (tertiary/aromatic N) is 1. The monoisotopic (exact) mass is 280 g/mol. The summed E-state index contributed by atoms with van der Waals surface area (Å²) in [4.78, 5) is 12.1. The van der Waals surface area contributed by atoms with E-state index in [0.717, 1.165) is 22.6 Å². The molecule has 1 atom stereocenters. The van der Waals surface area contributed by atoms with E-state index in [1.807, 2.05) is 54.6 Å². The summed E-state index contributed by atoms with van der Waals surface area (Å²) in [6.07, 6.45) is 0.599. The largest absolute Gasteiger partial charge is 0.497 e. The van der Waals surface area contributed by atoms with Gasteiger partial charge >= 0.3 is 0 Å². The Morgan fingerprint density at radius 1 is 1.10 bits per heavy atom. The van der Waals surface area contributed by atoms with Crippen LogP contribution in [0.2, 0.25) is 0 Å². The lowest BCUT2D eigenvalue weighted by molar-refractivity contribution is -0.122. The van der Waals surface area contributed by atoms with E-state index < -0.39 is 0 Å². The Morgan fingerprint density at radius 2 is 1.81 bits per heavy atom. The highest BCUT2D eigenvalue weighted by atomic mass is 16.5. The molecular weight excluding hydrogens is 264 g/mol. The lowest BCUT2D eigenvalue weighted by Gasteiger charge is -2.22. The number of methoxy groups -OCH3 is 1. The molecule has 0 fully saturated rings. The number of benzene rings is 2. The highest BCUT2D eigenvalue weighted by Crippen LogP contribution is 2.26. The Labute approximate surface area is 123 Å². The summed E-state index contributed by atoms with van der Waals surface area (Å²) in [6, 6.07) is 17.5. The number of carbonyl (C=O) groups is 1. The Kier molecular flexibility index (Phi) is 3.69. The van der Waals surface area contributed by atoms with Gasteiger partial charge in [0.15, 0.2) is 0 Å². The van der Waals surface area contributed by atoms with Gasteiger partial charge in [-0.2, -0.15) is 5.10 Å². The zero-order chi connectivity index (χ0) is 14.7. The van der Waals surface area contributed by atoms with Crippen LogP contribution in [-0.4, -0.2) is 18.7 Å². The molecule has 1 unspecified atom stereocenters. The number of hydrogen-bond donors (Lipinski definition) is 1. The normalized spacial score (nSPS) is 17.9. The first kappa shape index (κ1) is 13.4. The number of hydrogen-bond acceptors (Lipinski definition) is 3. The Hall–Kier alpha value is -2.62. The van der Waals surface area contributed by atoms with Gasteiger partial charge in [-0.05, 0) is 23.3 Å². The highest BCUT2D eigenvalue weighted by molar-refractivity contribution is 6.06. The average molecular weight is 280 g/mol. The van der Waals surface area contributed by atoms with Gasteiger partial charge in [0, 0.05) is 6.42 Å². The topological polar surface area (TPSA) is 50.7 Å². The van der Waals surface area contributed by atoms with Crippen molar-refractivity contribution in [2.24, 2.45) is 5.10 Å². The molecule has 4 nitrogen and oxygen atoms in total. The standard InChI is InChI=1S/C17H16N2O2/c1-21-14-9-7-12(8-10-14)15-11-16(18-19-17(15)20)13-5-3-2-4-6-13/h2-10,15H,11H2,1H3,(H,19,20). The molecule has 106 valence electrons. The van der Waals surface area contributed by atoms with Gasteiger partial charge in [0.05, 0.1) is 18.7 Å². The van der Waals surface area contributed by atoms with Crippen molar-refractivity contribution in [1.29, 1.82) is 0 Å². The number of hydrazone groups is 1. The first-order valence-corrected chi connectivity index (χ1v) is 6.83. The third-order valence-corrected chi connectivity index (χ3v) is 3.64. The maximum Gasteiger partial charge on any atom is 0.248 e. The molecular formula is C17H16N2O2. The fourth-order valence-corrected chi connectivity index (χ4v) is 2.45. The predicted molar refractivity (Wildman–Crippen MR) is 81.5 cm³/mol. The lowest BCUT2D eigenvalue weighted by atomic mass is 9.89. The van der Waals surface area contributed by atoms with E-state index in [0.29, 0.717) is 6.42 Å². The summed E-state index contributed by atoms with van der Waals surface area (Å²) < 4.78 is 5.15. The van der Waals surface area contributed by atoms with Gasteiger partial charge in [0.2, 0.25) is 5.91 Å². The Balaban J connectivity index is 1.86. The van der Waals surface area contributed by atoms with E-state index in [2.05, 4.69) is 10.5 Å². The third kappa shape index (κ3) is 2.79. The summed E-state index contributed by atoms with van der Waals surface area (Å²) in [5.41, 5.74) is 5.53. The van der Waals surface area contributed by atoms with Crippen LogP contribution in [0.5, 0.6) is 5.75 Å². The number of amides is 1. The number of carbonyl (C=O) groups excluding carboxylic acids is 1. The van der Waals surface area contributed by atoms with Crippen molar-refractivity contribution < 1.29 is 9.53 Å². The molecule has 0 saturated heterocycles. The second-order valence-corrected chi connectivity index (χ2v) is 4.93. The SMILES string of the molecule is COc1ccc(C2CC(c3ccccc3)=NNC2=O)cc1. The quantitative estimate of drug-likeness (QED) is 0.939. The molecule has 21 heavy (non-hydrogen) atoms. The molecule has 1 heterocycles. The van der Waals surface area contributed by atoms with Crippen LogP contribution in [0.1, 0.15) is 23.5 Å². The molecule has 1 aliphatic rings. The van der Waals surface area contributed by atoms with Crippen LogP contribution >= 0.6 is 0 Å². The molecule has 2 aromatic rings. The lowest BCUT2D eigenvalue weighted by Crippen LogP contribution is -2.33. The predicted octanol–water partition coefficient (Wildman–Crippen LogP) is 2.70. The van der Waals surface area contributed by atoms with Crippen LogP contribution in [0.3, 0.4) is 0 Å². The fraction of sp³-hybridized carbons (Fsp3) is 0.176. The van der Waals surface area contributed by atoms with Crippen molar-refractivity contribution in [3.63, 3.8) is 0 Å². The van der Waals surface area contributed by atoms with Crippen LogP contribution in [0, 0.1) is 0 Å². The third-order valence-electron chi connectivity index (χ3n) is 3.64. The first-order chi connectivity index (χ1) is 10.3. The first-order valence-electron chi connectivity index (χ1n) is 6.83. The minimum atomic E-state index is -0.219. The summed E-state index contributed by atoms with van der Waals surface area (Å²) >= 11 is 0. The van der Waals surface area contributed by atoms with Gasteiger partial charge in [-0.3, -0.25) is 4.79 Å². The molecule has 0 aromatic heterocycles. The molecule has 3 rings (SSSR count). The van der Waals surface area contributed by atoms with E-state index in [4.69, 9.17) is 4.74 Å². The molecule has 1 aliphatic heterocycles. The van der Waals surface area contributed by atoms with Crippen molar-refractivity contribution in [3.8, 4) is 5.75 Å². The van der Waals surface area contributed by atoms with Crippen molar-refractivity contribution in [1.82, 2.24) is 5.43 Å². The summed E-state index contributed by atoms with van der Waals surface area (Å²) in [5, 5.41) is 4.18. The van der Waals surface area contributed by atoms with Crippen LogP contribution in [-0.2, 0) is 4.79 Å². The highest BCUT2D eigenvalue weighted by Gasteiger charge is 2.27. The molecule has 0 bridgehead atoms. The van der Waals surface area contributed by atoms with Gasteiger partial charge in [0.25, 0.3) is 0 Å². The second-order valence-electron chi connectivity index (χ2n) is 4.93. The summed E-state index contributed by atoms with van der Waals surface area (Å²) in [5.74, 6) is 0.496. The van der Waals surface area contributed by atoms with Gasteiger partial charge in [-0.25, -0.2) is 5.43 Å². The minimum Gasteiger partial charge on any atom is -0.497 e. The molecule has 0 radical (unpaired) electrons. The maximum atomic E-state index is 12.1. The number of ether oxygens (including phenoxy) is 1. The molecule has 1 N–H and O–H groups in total. The molecule has 0 saturated carbocycles. The zero-order valence-electron chi connectivity index (χ0n) is 11.7.